The van der Waals surface area contributed by atoms with E-state index in [4.69, 9.17) is 19.1 Å². The van der Waals surface area contributed by atoms with Gasteiger partial charge in [-0.3, -0.25) is 0 Å². The fourth-order valence-corrected chi connectivity index (χ4v) is 8.55. The van der Waals surface area contributed by atoms with E-state index >= 15 is 0 Å². The first-order valence-electron chi connectivity index (χ1n) is 16.4. The van der Waals surface area contributed by atoms with Gasteiger partial charge in [0.05, 0.1) is 16.4 Å². The zero-order valence-corrected chi connectivity index (χ0v) is 27.6. The van der Waals surface area contributed by atoms with Crippen molar-refractivity contribution in [1.29, 1.82) is 0 Å². The number of hydrogen-bond acceptors (Lipinski definition) is 5. The molecule has 0 aliphatic carbocycles. The largest absolute Gasteiger partial charge is 0.455 e. The molecule has 5 aromatic carbocycles. The lowest BCUT2D eigenvalue weighted by Crippen LogP contribution is -2.58. The Hall–Kier alpha value is -5.33. The summed E-state index contributed by atoms with van der Waals surface area (Å²) in [5.74, 6) is 1.50. The Bertz CT molecular complexity index is 2630. The third-order valence-electron chi connectivity index (χ3n) is 9.82. The van der Waals surface area contributed by atoms with Crippen molar-refractivity contribution >= 4 is 67.6 Å². The summed E-state index contributed by atoms with van der Waals surface area (Å²) in [6, 6.07) is 42.7. The number of benzene rings is 5. The number of hydrogen-bond donors (Lipinski definition) is 0. The van der Waals surface area contributed by atoms with Gasteiger partial charge in [-0.25, -0.2) is 9.97 Å². The summed E-state index contributed by atoms with van der Waals surface area (Å²) in [7, 11) is 0. The van der Waals surface area contributed by atoms with E-state index in [0.717, 1.165) is 60.7 Å². The van der Waals surface area contributed by atoms with E-state index in [1.165, 1.54) is 32.2 Å². The van der Waals surface area contributed by atoms with Crippen LogP contribution in [0.2, 0.25) is 0 Å². The maximum Gasteiger partial charge on any atom is 0.258 e. The lowest BCUT2D eigenvalue weighted by molar-refractivity contribution is 0.463. The molecule has 10 rings (SSSR count). The van der Waals surface area contributed by atoms with E-state index in [1.807, 2.05) is 18.2 Å². The van der Waals surface area contributed by atoms with E-state index in [9.17, 15) is 0 Å². The Balaban J connectivity index is 1.16. The molecule has 0 N–H and O–H groups in total. The number of para-hydroxylation sites is 2. The van der Waals surface area contributed by atoms with Crippen LogP contribution in [-0.4, -0.2) is 16.7 Å². The highest BCUT2D eigenvalue weighted by molar-refractivity contribution is 8.00. The van der Waals surface area contributed by atoms with Gasteiger partial charge in [-0.1, -0.05) is 117 Å². The predicted molar refractivity (Wildman–Crippen MR) is 198 cm³/mol. The van der Waals surface area contributed by atoms with Crippen LogP contribution in [0.25, 0.3) is 55.2 Å². The first-order chi connectivity index (χ1) is 23.4. The highest BCUT2D eigenvalue weighted by atomic mass is 32.2. The minimum atomic E-state index is -0.0596. The van der Waals surface area contributed by atoms with Crippen molar-refractivity contribution in [2.75, 3.05) is 0 Å². The topological polar surface area (TPSA) is 48.2 Å². The van der Waals surface area contributed by atoms with E-state index < -0.39 is 0 Å². The smallest absolute Gasteiger partial charge is 0.258 e. The number of fused-ring (bicyclic) bond motifs is 8. The van der Waals surface area contributed by atoms with Crippen LogP contribution >= 0.6 is 11.8 Å². The predicted octanol–water partition coefficient (Wildman–Crippen LogP) is 9.25. The second kappa shape index (κ2) is 10.1. The Labute approximate surface area is 282 Å². The molecule has 2 aliphatic rings. The Morgan fingerprint density at radius 1 is 0.646 bits per heavy atom. The molecule has 228 valence electrons. The molecule has 0 atom stereocenters. The summed E-state index contributed by atoms with van der Waals surface area (Å²) < 4.78 is 13.2. The molecule has 3 aromatic heterocycles. The van der Waals surface area contributed by atoms with E-state index in [1.54, 1.807) is 11.8 Å². The van der Waals surface area contributed by atoms with Crippen LogP contribution in [0.1, 0.15) is 26.3 Å². The highest BCUT2D eigenvalue weighted by Gasteiger charge is 2.41. The van der Waals surface area contributed by atoms with Crippen molar-refractivity contribution in [1.82, 2.24) is 9.97 Å². The molecule has 0 spiro atoms. The maximum atomic E-state index is 6.77. The molecule has 0 unspecified atom stereocenters. The molecule has 6 heteroatoms. The molecule has 0 saturated heterocycles. The number of furan rings is 1. The number of ether oxygens (including phenoxy) is 1. The first kappa shape index (κ1) is 27.8. The lowest BCUT2D eigenvalue weighted by atomic mass is 9.36. The Morgan fingerprint density at radius 3 is 2.23 bits per heavy atom. The molecule has 4 nitrogen and oxygen atoms in total. The second-order valence-corrected chi connectivity index (χ2v) is 14.8. The number of aromatic nitrogens is 2. The molecule has 0 radical (unpaired) electrons. The van der Waals surface area contributed by atoms with E-state index in [-0.39, 0.29) is 12.1 Å². The third kappa shape index (κ3) is 4.12. The van der Waals surface area contributed by atoms with Gasteiger partial charge in [0.25, 0.3) is 6.71 Å². The SMILES string of the molecule is CC(C)(C)c1cc2c3c(c1)Sc1nc(-c4cccc5ccccc45)ccc1B3c1ccc(-c3cccc4c3oc3ccccc34)nc1O2. The van der Waals surface area contributed by atoms with Crippen LogP contribution in [0, 0.1) is 0 Å². The average molecular weight is 637 g/mol. The van der Waals surface area contributed by atoms with Crippen molar-refractivity contribution in [3.8, 4) is 34.1 Å². The normalized spacial score (nSPS) is 13.4. The monoisotopic (exact) mass is 636 g/mol. The van der Waals surface area contributed by atoms with Gasteiger partial charge in [0.1, 0.15) is 16.9 Å². The van der Waals surface area contributed by atoms with Crippen molar-refractivity contribution < 1.29 is 9.15 Å². The van der Waals surface area contributed by atoms with Gasteiger partial charge in [0.15, 0.2) is 0 Å². The second-order valence-electron chi connectivity index (χ2n) is 13.8. The Morgan fingerprint density at radius 2 is 1.35 bits per heavy atom. The molecule has 0 saturated carbocycles. The molecule has 0 fully saturated rings. The summed E-state index contributed by atoms with van der Waals surface area (Å²) >= 11 is 1.75. The first-order valence-corrected chi connectivity index (χ1v) is 17.2. The van der Waals surface area contributed by atoms with Crippen LogP contribution in [0.5, 0.6) is 11.6 Å². The van der Waals surface area contributed by atoms with Gasteiger partial charge < -0.3 is 9.15 Å². The minimum absolute atomic E-state index is 0.0402. The molecule has 0 bridgehead atoms. The summed E-state index contributed by atoms with van der Waals surface area (Å²) in [5.41, 5.74) is 10.2. The number of nitrogens with zero attached hydrogens (tertiary/aromatic N) is 2. The lowest BCUT2D eigenvalue weighted by Gasteiger charge is -2.34. The molecular formula is C42H29BN2O2S. The van der Waals surface area contributed by atoms with Gasteiger partial charge in [0.2, 0.25) is 5.88 Å². The van der Waals surface area contributed by atoms with Gasteiger partial charge in [-0.2, -0.15) is 0 Å². The molecule has 2 aliphatic heterocycles. The molecular weight excluding hydrogens is 607 g/mol. The van der Waals surface area contributed by atoms with E-state index in [0.29, 0.717) is 5.88 Å². The highest BCUT2D eigenvalue weighted by Crippen LogP contribution is 2.41. The summed E-state index contributed by atoms with van der Waals surface area (Å²) in [6.45, 7) is 6.70. The van der Waals surface area contributed by atoms with Crippen molar-refractivity contribution in [2.24, 2.45) is 0 Å². The van der Waals surface area contributed by atoms with Crippen LogP contribution < -0.4 is 21.1 Å². The van der Waals surface area contributed by atoms with Gasteiger partial charge in [-0.05, 0) is 74.5 Å². The van der Waals surface area contributed by atoms with Crippen LogP contribution in [0.15, 0.2) is 136 Å². The quantitative estimate of drug-likeness (QED) is 0.177. The van der Waals surface area contributed by atoms with Crippen molar-refractivity contribution in [2.45, 2.75) is 36.1 Å². The number of pyridine rings is 2. The zero-order chi connectivity index (χ0) is 32.1. The summed E-state index contributed by atoms with van der Waals surface area (Å²) in [4.78, 5) is 11.8. The molecule has 0 amide bonds. The summed E-state index contributed by atoms with van der Waals surface area (Å²) in [6.07, 6.45) is 0. The van der Waals surface area contributed by atoms with Crippen molar-refractivity contribution in [3.63, 3.8) is 0 Å². The third-order valence-corrected chi connectivity index (χ3v) is 10.9. The molecule has 8 aromatic rings. The number of rotatable bonds is 2. The van der Waals surface area contributed by atoms with Crippen LogP contribution in [0.3, 0.4) is 0 Å². The van der Waals surface area contributed by atoms with Gasteiger partial charge in [-0.15, -0.1) is 0 Å². The zero-order valence-electron chi connectivity index (χ0n) is 26.7. The average Bonchev–Trinajstić information content (AvgIpc) is 3.49. The molecule has 5 heterocycles. The fraction of sp³-hybridized carbons (Fsp3) is 0.0952. The summed E-state index contributed by atoms with van der Waals surface area (Å²) in [5, 5.41) is 5.63. The fourth-order valence-electron chi connectivity index (χ4n) is 7.38. The maximum absolute atomic E-state index is 6.77. The standard InChI is InChI=1S/C42H29BN2O2S/c1-42(2,3)25-22-36-38-37(23-25)48-41-32(19-21-33(45-41)27-14-8-11-24-10-4-5-12-26(24)27)43(38)31-18-20-34(44-40(31)47-36)30-16-9-15-29-28-13-6-7-17-35(28)46-39(29)30/h4-23H,1-3H3. The molecule has 48 heavy (non-hydrogen) atoms. The Kier molecular flexibility index (Phi) is 5.83. The van der Waals surface area contributed by atoms with Gasteiger partial charge in [0, 0.05) is 26.8 Å². The van der Waals surface area contributed by atoms with Crippen LogP contribution in [0.4, 0.5) is 0 Å². The van der Waals surface area contributed by atoms with E-state index in [2.05, 4.69) is 124 Å². The van der Waals surface area contributed by atoms with Gasteiger partial charge >= 0.3 is 0 Å². The van der Waals surface area contributed by atoms with Crippen molar-refractivity contribution in [3.05, 3.63) is 127 Å². The van der Waals surface area contributed by atoms with Crippen LogP contribution in [-0.2, 0) is 5.41 Å². The minimum Gasteiger partial charge on any atom is -0.455 e.